The number of nitrogens with zero attached hydrogens (tertiary/aromatic N) is 2. The van der Waals surface area contributed by atoms with Gasteiger partial charge in [-0.15, -0.1) is 0 Å². The van der Waals surface area contributed by atoms with Crippen LogP contribution in [0, 0.1) is 0 Å². The van der Waals surface area contributed by atoms with Crippen molar-refractivity contribution in [3.05, 3.63) is 59.9 Å². The van der Waals surface area contributed by atoms with E-state index in [1.54, 1.807) is 6.20 Å². The molecule has 0 aliphatic carbocycles. The van der Waals surface area contributed by atoms with Crippen molar-refractivity contribution in [2.45, 2.75) is 31.7 Å². The number of carbonyl (C=O) groups is 1. The Morgan fingerprint density at radius 1 is 1.24 bits per heavy atom. The van der Waals surface area contributed by atoms with Gasteiger partial charge in [-0.05, 0) is 48.6 Å². The number of ether oxygens (including phenoxy) is 1. The molecule has 1 aromatic carbocycles. The number of piperidine rings is 1. The third-order valence-corrected chi connectivity index (χ3v) is 4.56. The molecular weight excluding hydrogens is 314 g/mol. The van der Waals surface area contributed by atoms with Crippen LogP contribution in [0.25, 0.3) is 0 Å². The molecule has 5 heteroatoms. The summed E-state index contributed by atoms with van der Waals surface area (Å²) in [5.74, 6) is 0.956. The van der Waals surface area contributed by atoms with Crippen molar-refractivity contribution in [1.29, 1.82) is 0 Å². The molecule has 1 saturated heterocycles. The molecule has 1 fully saturated rings. The van der Waals surface area contributed by atoms with Gasteiger partial charge in [-0.2, -0.15) is 0 Å². The highest BCUT2D eigenvalue weighted by Crippen LogP contribution is 2.31. The second-order valence-electron chi connectivity index (χ2n) is 6.34. The summed E-state index contributed by atoms with van der Waals surface area (Å²) < 4.78 is 5.48. The van der Waals surface area contributed by atoms with Crippen molar-refractivity contribution in [3.8, 4) is 5.75 Å². The van der Waals surface area contributed by atoms with E-state index in [2.05, 4.69) is 11.1 Å². The molecule has 1 aliphatic heterocycles. The third-order valence-electron chi connectivity index (χ3n) is 4.56. The minimum Gasteiger partial charge on any atom is -0.492 e. The van der Waals surface area contributed by atoms with Gasteiger partial charge in [0.1, 0.15) is 12.4 Å². The molecule has 0 unspecified atom stereocenters. The number of likely N-dealkylation sites (tertiary alicyclic amines) is 1. The summed E-state index contributed by atoms with van der Waals surface area (Å²) >= 11 is 0. The summed E-state index contributed by atoms with van der Waals surface area (Å²) in [4.78, 5) is 19.1. The number of carbonyl (C=O) groups excluding carboxylic acids is 1. The Balaban J connectivity index is 1.66. The molecular formula is C20H25N3O2. The van der Waals surface area contributed by atoms with Crippen LogP contribution < -0.4 is 10.5 Å². The zero-order chi connectivity index (χ0) is 17.5. The van der Waals surface area contributed by atoms with Crippen LogP contribution in [-0.4, -0.2) is 35.5 Å². The van der Waals surface area contributed by atoms with Crippen LogP contribution >= 0.6 is 0 Å². The number of hydrogen-bond donors (Lipinski definition) is 1. The van der Waals surface area contributed by atoms with Crippen molar-refractivity contribution >= 4 is 5.91 Å². The molecule has 5 nitrogen and oxygen atoms in total. The topological polar surface area (TPSA) is 68.5 Å². The van der Waals surface area contributed by atoms with Gasteiger partial charge in [-0.25, -0.2) is 0 Å². The monoisotopic (exact) mass is 339 g/mol. The van der Waals surface area contributed by atoms with E-state index < -0.39 is 0 Å². The molecule has 2 aromatic rings. The third kappa shape index (κ3) is 4.57. The maximum absolute atomic E-state index is 12.9. The Morgan fingerprint density at radius 2 is 2.08 bits per heavy atom. The van der Waals surface area contributed by atoms with E-state index in [9.17, 15) is 4.79 Å². The molecule has 0 saturated carbocycles. The molecule has 0 radical (unpaired) electrons. The Bertz CT molecular complexity index is 673. The number of nitrogens with two attached hydrogens (primary N) is 1. The number of benzene rings is 1. The molecule has 0 bridgehead atoms. The maximum Gasteiger partial charge on any atom is 0.227 e. The quantitative estimate of drug-likeness (QED) is 0.878. The number of aromatic nitrogens is 1. The van der Waals surface area contributed by atoms with E-state index in [1.165, 1.54) is 0 Å². The minimum absolute atomic E-state index is 0.141. The molecule has 1 amide bonds. The molecule has 1 aromatic heterocycles. The SMILES string of the molecule is NCCOc1ccc(CC(=O)N2CCCC[C@H]2c2cccnc2)cc1. The standard InChI is InChI=1S/C20H25N3O2/c21-10-13-25-18-8-6-16(7-9-18)14-20(24)23-12-2-1-5-19(23)17-4-3-11-22-15-17/h3-4,6-9,11,15,19H,1-2,5,10,12-14,21H2/t19-/m0/s1. The molecule has 1 atom stereocenters. The maximum atomic E-state index is 12.9. The van der Waals surface area contributed by atoms with Crippen LogP contribution in [0.2, 0.25) is 0 Å². The molecule has 3 rings (SSSR count). The minimum atomic E-state index is 0.141. The number of rotatable bonds is 6. The van der Waals surface area contributed by atoms with Gasteiger partial charge in [0.15, 0.2) is 0 Å². The first-order valence-electron chi connectivity index (χ1n) is 8.89. The van der Waals surface area contributed by atoms with E-state index in [0.29, 0.717) is 19.6 Å². The predicted molar refractivity (Wildman–Crippen MR) is 97.2 cm³/mol. The van der Waals surface area contributed by atoms with Crippen LogP contribution in [0.1, 0.15) is 36.4 Å². The van der Waals surface area contributed by atoms with E-state index in [0.717, 1.165) is 42.7 Å². The largest absolute Gasteiger partial charge is 0.492 e. The molecule has 25 heavy (non-hydrogen) atoms. The van der Waals surface area contributed by atoms with Crippen LogP contribution in [0.15, 0.2) is 48.8 Å². The molecule has 2 heterocycles. The molecule has 1 aliphatic rings. The highest BCUT2D eigenvalue weighted by molar-refractivity contribution is 5.79. The lowest BCUT2D eigenvalue weighted by Crippen LogP contribution is -2.39. The van der Waals surface area contributed by atoms with Crippen molar-refractivity contribution in [3.63, 3.8) is 0 Å². The first-order valence-corrected chi connectivity index (χ1v) is 8.89. The number of pyridine rings is 1. The summed E-state index contributed by atoms with van der Waals surface area (Å²) in [5.41, 5.74) is 7.56. The summed E-state index contributed by atoms with van der Waals surface area (Å²) in [7, 11) is 0. The number of hydrogen-bond acceptors (Lipinski definition) is 4. The van der Waals surface area contributed by atoms with E-state index >= 15 is 0 Å². The van der Waals surface area contributed by atoms with Gasteiger partial charge in [0.05, 0.1) is 12.5 Å². The van der Waals surface area contributed by atoms with Crippen molar-refractivity contribution < 1.29 is 9.53 Å². The second-order valence-corrected chi connectivity index (χ2v) is 6.34. The van der Waals surface area contributed by atoms with Gasteiger partial charge in [0.2, 0.25) is 5.91 Å². The van der Waals surface area contributed by atoms with Gasteiger partial charge in [0, 0.05) is 25.5 Å². The fraction of sp³-hybridized carbons (Fsp3) is 0.400. The highest BCUT2D eigenvalue weighted by atomic mass is 16.5. The van der Waals surface area contributed by atoms with Crippen LogP contribution in [0.3, 0.4) is 0 Å². The fourth-order valence-electron chi connectivity index (χ4n) is 3.31. The Labute approximate surface area is 148 Å². The summed E-state index contributed by atoms with van der Waals surface area (Å²) in [6.07, 6.45) is 7.27. The zero-order valence-electron chi connectivity index (χ0n) is 14.4. The number of amides is 1. The average molecular weight is 339 g/mol. The lowest BCUT2D eigenvalue weighted by molar-refractivity contribution is -0.134. The molecule has 2 N–H and O–H groups in total. The first kappa shape index (κ1) is 17.4. The Kier molecular flexibility index (Phi) is 6.01. The lowest BCUT2D eigenvalue weighted by atomic mass is 9.95. The van der Waals surface area contributed by atoms with Crippen LogP contribution in [0.4, 0.5) is 0 Å². The Morgan fingerprint density at radius 3 is 2.80 bits per heavy atom. The van der Waals surface area contributed by atoms with E-state index in [4.69, 9.17) is 10.5 Å². The lowest BCUT2D eigenvalue weighted by Gasteiger charge is -2.36. The van der Waals surface area contributed by atoms with Crippen molar-refractivity contribution in [2.24, 2.45) is 5.73 Å². The smallest absolute Gasteiger partial charge is 0.227 e. The van der Waals surface area contributed by atoms with Gasteiger partial charge in [0.25, 0.3) is 0 Å². The van der Waals surface area contributed by atoms with E-state index in [-0.39, 0.29) is 11.9 Å². The molecule has 0 spiro atoms. The summed E-state index contributed by atoms with van der Waals surface area (Å²) in [5, 5.41) is 0. The van der Waals surface area contributed by atoms with E-state index in [1.807, 2.05) is 41.4 Å². The van der Waals surface area contributed by atoms with Crippen molar-refractivity contribution in [1.82, 2.24) is 9.88 Å². The van der Waals surface area contributed by atoms with Gasteiger partial charge < -0.3 is 15.4 Å². The fourth-order valence-corrected chi connectivity index (χ4v) is 3.31. The van der Waals surface area contributed by atoms with Crippen LogP contribution in [-0.2, 0) is 11.2 Å². The van der Waals surface area contributed by atoms with Gasteiger partial charge in [-0.3, -0.25) is 9.78 Å². The first-order chi connectivity index (χ1) is 12.3. The summed E-state index contributed by atoms with van der Waals surface area (Å²) in [6.45, 7) is 1.81. The van der Waals surface area contributed by atoms with Gasteiger partial charge in [-0.1, -0.05) is 18.2 Å². The second kappa shape index (κ2) is 8.62. The molecule has 132 valence electrons. The average Bonchev–Trinajstić information content (AvgIpc) is 2.68. The predicted octanol–water partition coefficient (Wildman–Crippen LogP) is 2.72. The Hall–Kier alpha value is -2.40. The van der Waals surface area contributed by atoms with Crippen molar-refractivity contribution in [2.75, 3.05) is 19.7 Å². The zero-order valence-corrected chi connectivity index (χ0v) is 14.4. The highest BCUT2D eigenvalue weighted by Gasteiger charge is 2.27. The van der Waals surface area contributed by atoms with Crippen LogP contribution in [0.5, 0.6) is 5.75 Å². The summed E-state index contributed by atoms with van der Waals surface area (Å²) in [6, 6.07) is 11.8. The normalized spacial score (nSPS) is 17.3. The van der Waals surface area contributed by atoms with Gasteiger partial charge >= 0.3 is 0 Å².